The van der Waals surface area contributed by atoms with Crippen LogP contribution in [0.2, 0.25) is 5.02 Å². The molecule has 3 N–H and O–H groups in total. The summed E-state index contributed by atoms with van der Waals surface area (Å²) < 4.78 is 27.1. The maximum Gasteiger partial charge on any atom is 0.182 e. The summed E-state index contributed by atoms with van der Waals surface area (Å²) in [6.45, 7) is 0.474. The van der Waals surface area contributed by atoms with Crippen LogP contribution in [0.25, 0.3) is 0 Å². The summed E-state index contributed by atoms with van der Waals surface area (Å²) in [6, 6.07) is 7.27. The molecule has 1 aromatic heterocycles. The van der Waals surface area contributed by atoms with Gasteiger partial charge in [0.15, 0.2) is 15.7 Å². The molecule has 19 heavy (non-hydrogen) atoms. The number of sulfone groups is 1. The number of hydrogen-bond acceptors (Lipinski definition) is 6. The molecule has 8 heteroatoms. The number of halogens is 1. The summed E-state index contributed by atoms with van der Waals surface area (Å²) in [5.74, 6) is 0.0334. The molecule has 0 aliphatic carbocycles. The zero-order valence-corrected chi connectivity index (χ0v) is 12.4. The van der Waals surface area contributed by atoms with Gasteiger partial charge < -0.3 is 11.1 Å². The smallest absolute Gasteiger partial charge is 0.182 e. The van der Waals surface area contributed by atoms with E-state index in [-0.39, 0.29) is 10.7 Å². The highest BCUT2D eigenvalue weighted by atomic mass is 35.5. The van der Waals surface area contributed by atoms with Gasteiger partial charge in [-0.3, -0.25) is 0 Å². The van der Waals surface area contributed by atoms with E-state index in [2.05, 4.69) is 9.69 Å². The molecule has 0 spiro atoms. The number of nitrogen functional groups attached to an aromatic ring is 1. The highest BCUT2D eigenvalue weighted by Gasteiger charge is 2.20. The third kappa shape index (κ3) is 3.37. The van der Waals surface area contributed by atoms with Crippen molar-refractivity contribution in [2.75, 3.05) is 17.3 Å². The highest BCUT2D eigenvalue weighted by Crippen LogP contribution is 2.31. The summed E-state index contributed by atoms with van der Waals surface area (Å²) in [7, 11) is -3.39. The Hall–Kier alpha value is -1.31. The third-order valence-corrected chi connectivity index (χ3v) is 4.77. The number of anilines is 2. The molecule has 0 fully saturated rings. The van der Waals surface area contributed by atoms with Crippen LogP contribution in [0.5, 0.6) is 0 Å². The van der Waals surface area contributed by atoms with Gasteiger partial charge in [0.2, 0.25) is 0 Å². The van der Waals surface area contributed by atoms with Crippen molar-refractivity contribution in [1.29, 1.82) is 0 Å². The van der Waals surface area contributed by atoms with E-state index in [0.717, 1.165) is 23.4 Å². The average Bonchev–Trinajstić information content (AvgIpc) is 2.69. The van der Waals surface area contributed by atoms with E-state index in [4.69, 9.17) is 17.3 Å². The number of nitrogens with one attached hydrogen (secondary N) is 1. The van der Waals surface area contributed by atoms with Crippen molar-refractivity contribution in [3.8, 4) is 0 Å². The molecule has 0 aliphatic rings. The van der Waals surface area contributed by atoms with Crippen LogP contribution in [0.1, 0.15) is 5.56 Å². The zero-order chi connectivity index (χ0) is 14.0. The van der Waals surface area contributed by atoms with Gasteiger partial charge in [-0.2, -0.15) is 4.37 Å². The van der Waals surface area contributed by atoms with E-state index in [1.807, 2.05) is 12.1 Å². The van der Waals surface area contributed by atoms with E-state index in [1.165, 1.54) is 0 Å². The van der Waals surface area contributed by atoms with Crippen LogP contribution in [0.4, 0.5) is 10.8 Å². The predicted molar refractivity (Wildman–Crippen MR) is 78.4 cm³/mol. The molecule has 0 radical (unpaired) electrons. The molecule has 0 unspecified atom stereocenters. The van der Waals surface area contributed by atoms with Crippen molar-refractivity contribution in [1.82, 2.24) is 4.37 Å². The number of nitrogens with two attached hydrogens (primary N) is 1. The van der Waals surface area contributed by atoms with Crippen LogP contribution in [0.15, 0.2) is 29.2 Å². The van der Waals surface area contributed by atoms with E-state index in [0.29, 0.717) is 16.6 Å². The number of aromatic nitrogens is 1. The molecule has 0 saturated carbocycles. The molecule has 0 bridgehead atoms. The van der Waals surface area contributed by atoms with Gasteiger partial charge in [-0.15, -0.1) is 0 Å². The van der Waals surface area contributed by atoms with Crippen molar-refractivity contribution < 1.29 is 8.42 Å². The first-order valence-corrected chi connectivity index (χ1v) is 8.35. The van der Waals surface area contributed by atoms with Crippen LogP contribution < -0.4 is 11.1 Å². The lowest BCUT2D eigenvalue weighted by Crippen LogP contribution is -2.05. The summed E-state index contributed by atoms with van der Waals surface area (Å²) in [5.41, 5.74) is 6.56. The van der Waals surface area contributed by atoms with Crippen LogP contribution >= 0.6 is 23.1 Å². The molecule has 5 nitrogen and oxygen atoms in total. The van der Waals surface area contributed by atoms with Crippen molar-refractivity contribution in [2.45, 2.75) is 11.4 Å². The number of nitrogens with zero attached hydrogens (tertiary/aromatic N) is 1. The summed E-state index contributed by atoms with van der Waals surface area (Å²) in [5, 5.41) is 4.14. The standard InChI is InChI=1S/C11H12ClN3O2S2/c1-19(16,17)9-10(13)15-18-11(9)14-6-7-2-4-8(12)5-3-7/h2-5,14H,6H2,1H3,(H2,13,15). The van der Waals surface area contributed by atoms with Gasteiger partial charge in [0.25, 0.3) is 0 Å². The lowest BCUT2D eigenvalue weighted by atomic mass is 10.2. The van der Waals surface area contributed by atoms with Crippen molar-refractivity contribution >= 4 is 43.8 Å². The fourth-order valence-electron chi connectivity index (χ4n) is 1.55. The largest absolute Gasteiger partial charge is 0.382 e. The number of hydrogen-bond donors (Lipinski definition) is 2. The fraction of sp³-hybridized carbons (Fsp3) is 0.182. The van der Waals surface area contributed by atoms with Gasteiger partial charge in [-0.05, 0) is 29.2 Å². The first-order valence-electron chi connectivity index (χ1n) is 5.31. The zero-order valence-electron chi connectivity index (χ0n) is 10.1. The second-order valence-electron chi connectivity index (χ2n) is 3.98. The molecule has 0 amide bonds. The lowest BCUT2D eigenvalue weighted by Gasteiger charge is -2.06. The monoisotopic (exact) mass is 317 g/mol. The summed E-state index contributed by atoms with van der Waals surface area (Å²) >= 11 is 6.83. The summed E-state index contributed by atoms with van der Waals surface area (Å²) in [4.78, 5) is 0.0615. The molecule has 2 rings (SSSR count). The minimum atomic E-state index is -3.39. The van der Waals surface area contributed by atoms with Crippen LogP contribution in [0.3, 0.4) is 0 Å². The topological polar surface area (TPSA) is 85.1 Å². The van der Waals surface area contributed by atoms with Gasteiger partial charge in [0.1, 0.15) is 9.90 Å². The van der Waals surface area contributed by atoms with E-state index in [9.17, 15) is 8.42 Å². The molecular weight excluding hydrogens is 306 g/mol. The predicted octanol–water partition coefficient (Wildman–Crippen LogP) is 2.39. The van der Waals surface area contributed by atoms with Crippen molar-refractivity contribution in [3.05, 3.63) is 34.9 Å². The molecule has 1 heterocycles. The van der Waals surface area contributed by atoms with Crippen molar-refractivity contribution in [3.63, 3.8) is 0 Å². The van der Waals surface area contributed by atoms with Crippen LogP contribution in [0, 0.1) is 0 Å². The first kappa shape index (κ1) is 14.1. The molecule has 0 atom stereocenters. The van der Waals surface area contributed by atoms with Gasteiger partial charge in [0, 0.05) is 17.8 Å². The normalized spacial score (nSPS) is 11.5. The Kier molecular flexibility index (Phi) is 3.98. The Morgan fingerprint density at radius 3 is 2.58 bits per heavy atom. The molecule has 1 aromatic carbocycles. The maximum atomic E-state index is 11.6. The maximum absolute atomic E-state index is 11.6. The molecule has 102 valence electrons. The van der Waals surface area contributed by atoms with Crippen LogP contribution in [-0.4, -0.2) is 19.0 Å². The van der Waals surface area contributed by atoms with Crippen molar-refractivity contribution in [2.24, 2.45) is 0 Å². The van der Waals surface area contributed by atoms with E-state index < -0.39 is 9.84 Å². The van der Waals surface area contributed by atoms with Crippen LogP contribution in [-0.2, 0) is 16.4 Å². The average molecular weight is 318 g/mol. The number of rotatable bonds is 4. The minimum absolute atomic E-state index is 0.0334. The third-order valence-electron chi connectivity index (χ3n) is 2.41. The Morgan fingerprint density at radius 1 is 1.37 bits per heavy atom. The van der Waals surface area contributed by atoms with E-state index in [1.54, 1.807) is 12.1 Å². The molecule has 0 saturated heterocycles. The fourth-order valence-corrected chi connectivity index (χ4v) is 3.74. The van der Waals surface area contributed by atoms with Gasteiger partial charge in [0.05, 0.1) is 0 Å². The van der Waals surface area contributed by atoms with Gasteiger partial charge in [-0.25, -0.2) is 8.42 Å². The van der Waals surface area contributed by atoms with Gasteiger partial charge >= 0.3 is 0 Å². The second-order valence-corrected chi connectivity index (χ2v) is 7.14. The Balaban J connectivity index is 2.19. The summed E-state index contributed by atoms with van der Waals surface area (Å²) in [6.07, 6.45) is 1.11. The Bertz CT molecular complexity index is 680. The molecule has 2 aromatic rings. The van der Waals surface area contributed by atoms with Gasteiger partial charge in [-0.1, -0.05) is 23.7 Å². The van der Waals surface area contributed by atoms with E-state index >= 15 is 0 Å². The number of benzene rings is 1. The molecule has 0 aliphatic heterocycles. The minimum Gasteiger partial charge on any atom is -0.382 e. The SMILES string of the molecule is CS(=O)(=O)c1c(N)nsc1NCc1ccc(Cl)cc1. The molecular formula is C11H12ClN3O2S2. The Labute approximate surface area is 120 Å². The first-order chi connectivity index (χ1) is 8.88. The highest BCUT2D eigenvalue weighted by molar-refractivity contribution is 7.91. The lowest BCUT2D eigenvalue weighted by molar-refractivity contribution is 0.602. The Morgan fingerprint density at radius 2 is 2.00 bits per heavy atom. The second kappa shape index (κ2) is 5.36. The quantitative estimate of drug-likeness (QED) is 0.904.